The predicted octanol–water partition coefficient (Wildman–Crippen LogP) is 4.08. The first-order valence-corrected chi connectivity index (χ1v) is 11.6. The third kappa shape index (κ3) is 5.87. The fourth-order valence-corrected chi connectivity index (χ4v) is 4.43. The van der Waals surface area contributed by atoms with Gasteiger partial charge in [0, 0.05) is 5.02 Å². The Kier molecular flexibility index (Phi) is 7.54. The van der Waals surface area contributed by atoms with Crippen LogP contribution in [0.2, 0.25) is 5.02 Å². The van der Waals surface area contributed by atoms with Crippen LogP contribution in [-0.2, 0) is 14.8 Å². The average Bonchev–Trinajstić information content (AvgIpc) is 2.64. The average molecular weight is 439 g/mol. The second kappa shape index (κ2) is 9.50. The van der Waals surface area contributed by atoms with Gasteiger partial charge in [-0.1, -0.05) is 29.8 Å². The van der Waals surface area contributed by atoms with Gasteiger partial charge in [0.25, 0.3) is 0 Å². The van der Waals surface area contributed by atoms with Crippen molar-refractivity contribution in [2.75, 3.05) is 17.2 Å². The number of halogens is 1. The van der Waals surface area contributed by atoms with Crippen LogP contribution < -0.4 is 14.4 Å². The molecule has 0 fully saturated rings. The molecule has 0 aliphatic rings. The van der Waals surface area contributed by atoms with Crippen LogP contribution in [-0.4, -0.2) is 33.2 Å². The zero-order valence-corrected chi connectivity index (χ0v) is 18.8. The Bertz CT molecular complexity index is 961. The van der Waals surface area contributed by atoms with Gasteiger partial charge in [-0.3, -0.25) is 9.10 Å². The number of hydrogen-bond acceptors (Lipinski definition) is 4. The predicted molar refractivity (Wildman–Crippen MR) is 117 cm³/mol. The van der Waals surface area contributed by atoms with Crippen LogP contribution in [0, 0.1) is 6.92 Å². The second-order valence-electron chi connectivity index (χ2n) is 6.90. The topological polar surface area (TPSA) is 75.7 Å². The molecule has 1 amide bonds. The smallest absolute Gasteiger partial charge is 0.244 e. The lowest BCUT2D eigenvalue weighted by Gasteiger charge is -2.30. The van der Waals surface area contributed by atoms with E-state index in [9.17, 15) is 13.2 Å². The third-order valence-corrected chi connectivity index (χ3v) is 6.01. The number of amides is 1. The van der Waals surface area contributed by atoms with Gasteiger partial charge in [-0.2, -0.15) is 0 Å². The molecule has 0 radical (unpaired) electrons. The number of nitrogens with zero attached hydrogens (tertiary/aromatic N) is 1. The number of anilines is 1. The van der Waals surface area contributed by atoms with Crippen molar-refractivity contribution in [1.29, 1.82) is 0 Å². The van der Waals surface area contributed by atoms with E-state index in [1.807, 2.05) is 38.1 Å². The molecule has 2 atom stereocenters. The molecule has 6 nitrogen and oxygen atoms in total. The van der Waals surface area contributed by atoms with E-state index in [1.54, 1.807) is 32.0 Å². The van der Waals surface area contributed by atoms with E-state index in [0.29, 0.717) is 22.9 Å². The van der Waals surface area contributed by atoms with E-state index in [-0.39, 0.29) is 6.04 Å². The molecule has 158 valence electrons. The highest BCUT2D eigenvalue weighted by Crippen LogP contribution is 2.28. The number of sulfonamides is 1. The van der Waals surface area contributed by atoms with E-state index >= 15 is 0 Å². The molecule has 0 aliphatic carbocycles. The van der Waals surface area contributed by atoms with Crippen LogP contribution in [0.4, 0.5) is 5.69 Å². The van der Waals surface area contributed by atoms with Crippen molar-refractivity contribution in [1.82, 2.24) is 5.32 Å². The van der Waals surface area contributed by atoms with Crippen molar-refractivity contribution < 1.29 is 17.9 Å². The van der Waals surface area contributed by atoms with Crippen molar-refractivity contribution in [3.63, 3.8) is 0 Å². The molecule has 0 heterocycles. The van der Waals surface area contributed by atoms with E-state index in [4.69, 9.17) is 16.3 Å². The van der Waals surface area contributed by atoms with Gasteiger partial charge in [0.15, 0.2) is 0 Å². The molecule has 0 aromatic heterocycles. The van der Waals surface area contributed by atoms with Crippen molar-refractivity contribution in [2.45, 2.75) is 39.8 Å². The Morgan fingerprint density at radius 2 is 1.79 bits per heavy atom. The van der Waals surface area contributed by atoms with Crippen molar-refractivity contribution >= 4 is 33.2 Å². The summed E-state index contributed by atoms with van der Waals surface area (Å²) in [6.45, 7) is 7.66. The van der Waals surface area contributed by atoms with Crippen LogP contribution in [0.15, 0.2) is 42.5 Å². The van der Waals surface area contributed by atoms with Gasteiger partial charge in [0.1, 0.15) is 11.8 Å². The minimum Gasteiger partial charge on any atom is -0.494 e. The van der Waals surface area contributed by atoms with Crippen molar-refractivity contribution in [2.24, 2.45) is 0 Å². The maximum atomic E-state index is 12.9. The number of nitrogens with one attached hydrogen (secondary N) is 1. The molecule has 8 heteroatoms. The summed E-state index contributed by atoms with van der Waals surface area (Å²) in [5.41, 5.74) is 1.98. The molecule has 2 rings (SSSR count). The largest absolute Gasteiger partial charge is 0.494 e. The summed E-state index contributed by atoms with van der Waals surface area (Å²) in [5.74, 6) is 0.346. The molecule has 0 spiro atoms. The SMILES string of the molecule is CCOc1ccc([C@H](C)NC(=O)[C@@H](C)N(c2cc(Cl)ccc2C)S(C)(=O)=O)cc1. The number of aryl methyl sites for hydroxylation is 1. The van der Waals surface area contributed by atoms with Crippen molar-refractivity contribution in [3.05, 3.63) is 58.6 Å². The molecule has 2 aromatic rings. The quantitative estimate of drug-likeness (QED) is 0.673. The fourth-order valence-electron chi connectivity index (χ4n) is 3.04. The van der Waals surface area contributed by atoms with Gasteiger partial charge in [-0.25, -0.2) is 8.42 Å². The number of benzene rings is 2. The highest BCUT2D eigenvalue weighted by Gasteiger charge is 2.31. The van der Waals surface area contributed by atoms with Crippen LogP contribution in [0.1, 0.15) is 37.9 Å². The molecular formula is C21H27ClN2O4S. The van der Waals surface area contributed by atoms with Gasteiger partial charge < -0.3 is 10.1 Å². The molecular weight excluding hydrogens is 412 g/mol. The van der Waals surface area contributed by atoms with E-state index in [1.165, 1.54) is 0 Å². The summed E-state index contributed by atoms with van der Waals surface area (Å²) in [6, 6.07) is 11.1. The second-order valence-corrected chi connectivity index (χ2v) is 9.19. The van der Waals surface area contributed by atoms with E-state index < -0.39 is 22.0 Å². The third-order valence-electron chi connectivity index (χ3n) is 4.55. The maximum absolute atomic E-state index is 12.9. The van der Waals surface area contributed by atoms with E-state index in [2.05, 4.69) is 5.32 Å². The molecule has 0 bridgehead atoms. The van der Waals surface area contributed by atoms with Crippen LogP contribution in [0.3, 0.4) is 0 Å². The summed E-state index contributed by atoms with van der Waals surface area (Å²) in [7, 11) is -3.72. The summed E-state index contributed by atoms with van der Waals surface area (Å²) in [6.07, 6.45) is 1.08. The van der Waals surface area contributed by atoms with Gasteiger partial charge in [-0.05, 0) is 63.1 Å². The maximum Gasteiger partial charge on any atom is 0.244 e. The summed E-state index contributed by atoms with van der Waals surface area (Å²) < 4.78 is 31.5. The zero-order chi connectivity index (χ0) is 21.8. The van der Waals surface area contributed by atoms with E-state index in [0.717, 1.165) is 21.9 Å². The Labute approximate surface area is 177 Å². The Morgan fingerprint density at radius 3 is 2.34 bits per heavy atom. The first-order chi connectivity index (χ1) is 13.5. The van der Waals surface area contributed by atoms with Crippen LogP contribution in [0.25, 0.3) is 0 Å². The number of ether oxygens (including phenoxy) is 1. The molecule has 0 aliphatic heterocycles. The van der Waals surface area contributed by atoms with Crippen LogP contribution >= 0.6 is 11.6 Å². The van der Waals surface area contributed by atoms with Crippen LogP contribution in [0.5, 0.6) is 5.75 Å². The molecule has 2 aromatic carbocycles. The highest BCUT2D eigenvalue weighted by molar-refractivity contribution is 7.92. The van der Waals surface area contributed by atoms with Gasteiger partial charge >= 0.3 is 0 Å². The summed E-state index contributed by atoms with van der Waals surface area (Å²) in [5, 5.41) is 3.28. The molecule has 1 N–H and O–H groups in total. The van der Waals surface area contributed by atoms with Gasteiger partial charge in [0.2, 0.25) is 15.9 Å². The highest BCUT2D eigenvalue weighted by atomic mass is 35.5. The first kappa shape index (κ1) is 23.0. The number of carbonyl (C=O) groups excluding carboxylic acids is 1. The fraction of sp³-hybridized carbons (Fsp3) is 0.381. The standard InChI is InChI=1S/C21H27ClN2O4S/c1-6-28-19-11-8-17(9-12-19)15(3)23-21(25)16(4)24(29(5,26)27)20-13-18(22)10-7-14(20)2/h7-13,15-16H,6H2,1-5H3,(H,23,25)/t15-,16+/m0/s1. The summed E-state index contributed by atoms with van der Waals surface area (Å²) >= 11 is 6.06. The minimum atomic E-state index is -3.72. The summed E-state index contributed by atoms with van der Waals surface area (Å²) in [4.78, 5) is 12.9. The van der Waals surface area contributed by atoms with Gasteiger partial charge in [0.05, 0.1) is 24.6 Å². The zero-order valence-electron chi connectivity index (χ0n) is 17.3. The molecule has 0 unspecified atom stereocenters. The molecule has 0 saturated carbocycles. The van der Waals surface area contributed by atoms with Crippen molar-refractivity contribution in [3.8, 4) is 5.75 Å². The number of carbonyl (C=O) groups is 1. The monoisotopic (exact) mass is 438 g/mol. The lowest BCUT2D eigenvalue weighted by atomic mass is 10.1. The first-order valence-electron chi connectivity index (χ1n) is 9.33. The Hall–Kier alpha value is -2.25. The lowest BCUT2D eigenvalue weighted by Crippen LogP contribution is -2.48. The number of hydrogen-bond donors (Lipinski definition) is 1. The molecule has 29 heavy (non-hydrogen) atoms. The lowest BCUT2D eigenvalue weighted by molar-refractivity contribution is -0.122. The normalized spacial score (nSPS) is 13.4. The Morgan fingerprint density at radius 1 is 1.17 bits per heavy atom. The minimum absolute atomic E-state index is 0.303. The number of rotatable bonds is 8. The van der Waals surface area contributed by atoms with Gasteiger partial charge in [-0.15, -0.1) is 0 Å². The molecule has 0 saturated heterocycles. The Balaban J connectivity index is 2.24.